The standard InChI is InChI=1S/C9H4F13IO/c1-24-3(2-23)4(10,11)5(12,13)6(14,15)7(16,17)8(18,19)9(20,21)22/h2H,1H3/b3-2+. The fourth-order valence-corrected chi connectivity index (χ4v) is 1.81. The average molecular weight is 502 g/mol. The smallest absolute Gasteiger partial charge is 0.460 e. The summed E-state index contributed by atoms with van der Waals surface area (Å²) in [7, 11) is 0.217. The summed E-state index contributed by atoms with van der Waals surface area (Å²) in [4.78, 5) is 0. The van der Waals surface area contributed by atoms with Gasteiger partial charge in [0.2, 0.25) is 0 Å². The van der Waals surface area contributed by atoms with Crippen molar-refractivity contribution in [2.75, 3.05) is 7.11 Å². The summed E-state index contributed by atoms with van der Waals surface area (Å²) in [5.41, 5.74) is 0. The van der Waals surface area contributed by atoms with E-state index in [2.05, 4.69) is 4.74 Å². The van der Waals surface area contributed by atoms with E-state index >= 15 is 0 Å². The van der Waals surface area contributed by atoms with Gasteiger partial charge in [-0.25, -0.2) is 0 Å². The fraction of sp³-hybridized carbons (Fsp3) is 0.778. The van der Waals surface area contributed by atoms with E-state index in [1.165, 1.54) is 0 Å². The molecule has 15 heteroatoms. The van der Waals surface area contributed by atoms with E-state index in [0.717, 1.165) is 22.6 Å². The molecule has 0 fully saturated rings. The Bertz CT molecular complexity index is 492. The van der Waals surface area contributed by atoms with Crippen molar-refractivity contribution in [2.24, 2.45) is 0 Å². The Balaban J connectivity index is 6.41. The van der Waals surface area contributed by atoms with Gasteiger partial charge in [-0.2, -0.15) is 57.1 Å². The molecular weight excluding hydrogens is 498 g/mol. The molecule has 0 radical (unpaired) electrons. The lowest BCUT2D eigenvalue weighted by molar-refractivity contribution is -0.438. The van der Waals surface area contributed by atoms with Gasteiger partial charge in [0.15, 0.2) is 5.76 Å². The minimum Gasteiger partial charge on any atom is -0.494 e. The van der Waals surface area contributed by atoms with Crippen LogP contribution in [0.15, 0.2) is 9.84 Å². The van der Waals surface area contributed by atoms with Crippen LogP contribution in [0, 0.1) is 0 Å². The van der Waals surface area contributed by atoms with E-state index in [4.69, 9.17) is 0 Å². The summed E-state index contributed by atoms with van der Waals surface area (Å²) in [6.45, 7) is 0. The number of methoxy groups -OCH3 is 1. The topological polar surface area (TPSA) is 9.23 Å². The molecule has 1 nitrogen and oxygen atoms in total. The second kappa shape index (κ2) is 6.26. The van der Waals surface area contributed by atoms with E-state index in [9.17, 15) is 57.1 Å². The number of rotatable bonds is 6. The van der Waals surface area contributed by atoms with Gasteiger partial charge < -0.3 is 4.74 Å². The van der Waals surface area contributed by atoms with E-state index in [1.807, 2.05) is 0 Å². The Labute approximate surface area is 137 Å². The maximum Gasteiger partial charge on any atom is 0.460 e. The van der Waals surface area contributed by atoms with Crippen LogP contribution in [-0.2, 0) is 4.74 Å². The highest BCUT2D eigenvalue weighted by atomic mass is 127. The van der Waals surface area contributed by atoms with Crippen molar-refractivity contribution in [3.05, 3.63) is 9.84 Å². The third-order valence-electron chi connectivity index (χ3n) is 2.56. The first kappa shape index (κ1) is 23.4. The van der Waals surface area contributed by atoms with E-state index < -0.39 is 41.5 Å². The third-order valence-corrected chi connectivity index (χ3v) is 3.13. The lowest BCUT2D eigenvalue weighted by Gasteiger charge is -2.39. The quantitative estimate of drug-likeness (QED) is 0.260. The molecule has 144 valence electrons. The first-order chi connectivity index (χ1) is 10.3. The zero-order valence-electron chi connectivity index (χ0n) is 10.8. The Kier molecular flexibility index (Phi) is 6.10. The SMILES string of the molecule is CO/C(=C/I)C(F)(F)C(F)(F)C(F)(F)C(F)(F)C(F)(F)C(F)(F)F. The molecule has 0 aromatic carbocycles. The number of ether oxygens (including phenoxy) is 1. The average Bonchev–Trinajstić information content (AvgIpc) is 2.37. The summed E-state index contributed by atoms with van der Waals surface area (Å²) >= 11 is 0.732. The molecule has 0 N–H and O–H groups in total. The molecule has 0 unspecified atom stereocenters. The Morgan fingerprint density at radius 3 is 1.25 bits per heavy atom. The van der Waals surface area contributed by atoms with Crippen molar-refractivity contribution in [3.8, 4) is 0 Å². The molecule has 0 spiro atoms. The normalized spacial score (nSPS) is 16.4. The summed E-state index contributed by atoms with van der Waals surface area (Å²) < 4.78 is 169. The van der Waals surface area contributed by atoms with Gasteiger partial charge in [0.25, 0.3) is 0 Å². The molecule has 24 heavy (non-hydrogen) atoms. The lowest BCUT2D eigenvalue weighted by Crippen LogP contribution is -2.70. The molecule has 0 aliphatic rings. The second-order valence-electron chi connectivity index (χ2n) is 4.05. The summed E-state index contributed by atoms with van der Waals surface area (Å²) in [6, 6.07) is 0. The summed E-state index contributed by atoms with van der Waals surface area (Å²) in [5.74, 6) is -39.5. The van der Waals surface area contributed by atoms with E-state index in [1.54, 1.807) is 0 Å². The van der Waals surface area contributed by atoms with Crippen LogP contribution in [0.25, 0.3) is 0 Å². The molecule has 0 aromatic heterocycles. The second-order valence-corrected chi connectivity index (χ2v) is 4.67. The van der Waals surface area contributed by atoms with E-state index in [0.29, 0.717) is 0 Å². The van der Waals surface area contributed by atoms with Crippen molar-refractivity contribution in [3.63, 3.8) is 0 Å². The molecule has 0 aromatic rings. The number of allylic oxidation sites excluding steroid dienone is 1. The van der Waals surface area contributed by atoms with Crippen LogP contribution >= 0.6 is 22.6 Å². The number of alkyl halides is 13. The number of halogens is 14. The van der Waals surface area contributed by atoms with Crippen LogP contribution in [-0.4, -0.2) is 42.9 Å². The monoisotopic (exact) mass is 502 g/mol. The van der Waals surface area contributed by atoms with Gasteiger partial charge in [-0.15, -0.1) is 0 Å². The van der Waals surface area contributed by atoms with Crippen LogP contribution < -0.4 is 0 Å². The number of hydrogen-bond acceptors (Lipinski definition) is 1. The zero-order valence-corrected chi connectivity index (χ0v) is 12.9. The third kappa shape index (κ3) is 3.00. The molecule has 0 amide bonds. The Hall–Kier alpha value is -0.640. The van der Waals surface area contributed by atoms with Gasteiger partial charge in [0, 0.05) is 4.08 Å². The largest absolute Gasteiger partial charge is 0.494 e. The molecule has 0 saturated heterocycles. The van der Waals surface area contributed by atoms with Crippen LogP contribution in [0.2, 0.25) is 0 Å². The lowest BCUT2D eigenvalue weighted by atomic mass is 9.93. The van der Waals surface area contributed by atoms with Crippen molar-refractivity contribution >= 4 is 22.6 Å². The van der Waals surface area contributed by atoms with Gasteiger partial charge in [0.05, 0.1) is 7.11 Å². The van der Waals surface area contributed by atoms with Crippen LogP contribution in [0.4, 0.5) is 57.1 Å². The molecule has 0 aliphatic carbocycles. The predicted molar refractivity (Wildman–Crippen MR) is 59.9 cm³/mol. The highest BCUT2D eigenvalue weighted by molar-refractivity contribution is 14.1. The number of hydrogen-bond donors (Lipinski definition) is 0. The van der Waals surface area contributed by atoms with Crippen molar-refractivity contribution in [2.45, 2.75) is 35.8 Å². The first-order valence-electron chi connectivity index (χ1n) is 5.08. The van der Waals surface area contributed by atoms with Crippen LogP contribution in [0.1, 0.15) is 0 Å². The summed E-state index contributed by atoms with van der Waals surface area (Å²) in [6.07, 6.45) is -7.42. The van der Waals surface area contributed by atoms with Gasteiger partial charge >= 0.3 is 35.8 Å². The Morgan fingerprint density at radius 2 is 1.00 bits per heavy atom. The molecule has 0 saturated carbocycles. The van der Waals surface area contributed by atoms with Crippen LogP contribution in [0.5, 0.6) is 0 Å². The maximum atomic E-state index is 13.3. The highest BCUT2D eigenvalue weighted by Crippen LogP contribution is 2.61. The maximum absolute atomic E-state index is 13.3. The predicted octanol–water partition coefficient (Wildman–Crippen LogP) is 5.65. The van der Waals surface area contributed by atoms with Crippen molar-refractivity contribution in [1.29, 1.82) is 0 Å². The molecule has 0 heterocycles. The minimum atomic E-state index is -7.91. The van der Waals surface area contributed by atoms with Crippen molar-refractivity contribution in [1.82, 2.24) is 0 Å². The Morgan fingerprint density at radius 1 is 0.667 bits per heavy atom. The van der Waals surface area contributed by atoms with Crippen molar-refractivity contribution < 1.29 is 61.8 Å². The summed E-state index contributed by atoms with van der Waals surface area (Å²) in [5, 5.41) is 0. The molecule has 0 rings (SSSR count). The molecular formula is C9H4F13IO. The van der Waals surface area contributed by atoms with Gasteiger partial charge in [-0.3, -0.25) is 0 Å². The van der Waals surface area contributed by atoms with Gasteiger partial charge in [-0.05, 0) is 22.6 Å². The molecule has 0 atom stereocenters. The highest BCUT2D eigenvalue weighted by Gasteiger charge is 2.91. The van der Waals surface area contributed by atoms with Crippen LogP contribution in [0.3, 0.4) is 0 Å². The van der Waals surface area contributed by atoms with Gasteiger partial charge in [0.1, 0.15) is 0 Å². The fourth-order valence-electron chi connectivity index (χ4n) is 1.17. The van der Waals surface area contributed by atoms with Gasteiger partial charge in [-0.1, -0.05) is 0 Å². The minimum absolute atomic E-state index is 0.123. The first-order valence-corrected chi connectivity index (χ1v) is 6.32. The zero-order chi connectivity index (χ0) is 20.0. The van der Waals surface area contributed by atoms with E-state index in [-0.39, 0.29) is 11.2 Å². The molecule has 0 bridgehead atoms. The molecule has 0 aliphatic heterocycles.